The summed E-state index contributed by atoms with van der Waals surface area (Å²) in [6, 6.07) is 31.3. The number of aryl methyl sites for hydroxylation is 12. The molecule has 5 rings (SSSR count). The van der Waals surface area contributed by atoms with Crippen LogP contribution < -0.4 is 0 Å². The molecule has 0 radical (unpaired) electrons. The van der Waals surface area contributed by atoms with Gasteiger partial charge in [0.25, 0.3) is 0 Å². The van der Waals surface area contributed by atoms with Crippen molar-refractivity contribution in [3.8, 4) is 11.1 Å². The summed E-state index contributed by atoms with van der Waals surface area (Å²) >= 11 is 0. The van der Waals surface area contributed by atoms with Gasteiger partial charge in [-0.1, -0.05) is 92.4 Å². The molecule has 0 heteroatoms. The van der Waals surface area contributed by atoms with Crippen LogP contribution in [0.2, 0.25) is 0 Å². The van der Waals surface area contributed by atoms with Gasteiger partial charge in [-0.05, 0) is 179 Å². The van der Waals surface area contributed by atoms with Crippen LogP contribution in [0, 0.1) is 83.1 Å². The minimum Gasteiger partial charge on any atom is -0.0776 e. The van der Waals surface area contributed by atoms with Gasteiger partial charge in [0.05, 0.1) is 0 Å². The van der Waals surface area contributed by atoms with Gasteiger partial charge in [-0.25, -0.2) is 0 Å². The van der Waals surface area contributed by atoms with Crippen molar-refractivity contribution in [1.82, 2.24) is 0 Å². The molecule has 0 saturated heterocycles. The van der Waals surface area contributed by atoms with Gasteiger partial charge in [-0.3, -0.25) is 0 Å². The average Bonchev–Trinajstić information content (AvgIpc) is 2.95. The minimum atomic E-state index is 0. The molecule has 0 bridgehead atoms. The highest BCUT2D eigenvalue weighted by atomic mass is 14.1. The van der Waals surface area contributed by atoms with Gasteiger partial charge in [0.2, 0.25) is 0 Å². The molecule has 5 aromatic carbocycles. The number of hydrogen-bond donors (Lipinski definition) is 0. The third kappa shape index (κ3) is 10.1. The Labute approximate surface area is 270 Å². The number of hydrogen-bond acceptors (Lipinski definition) is 0. The zero-order valence-electron chi connectivity index (χ0n) is 28.8. The Hall–Kier alpha value is -3.90. The minimum absolute atomic E-state index is 0. The van der Waals surface area contributed by atoms with Crippen LogP contribution >= 0.6 is 0 Å². The van der Waals surface area contributed by atoms with E-state index in [0.717, 1.165) is 6.42 Å². The van der Waals surface area contributed by atoms with Crippen LogP contribution in [-0.2, 0) is 6.42 Å². The molecule has 0 nitrogen and oxygen atoms in total. The van der Waals surface area contributed by atoms with Gasteiger partial charge >= 0.3 is 0 Å². The molecule has 0 unspecified atom stereocenters. The van der Waals surface area contributed by atoms with Gasteiger partial charge < -0.3 is 0 Å². The molecule has 0 aromatic heterocycles. The van der Waals surface area contributed by atoms with Crippen molar-refractivity contribution in [2.24, 2.45) is 0 Å². The maximum Gasteiger partial charge on any atom is -0.00256 e. The predicted octanol–water partition coefficient (Wildman–Crippen LogP) is 12.7. The topological polar surface area (TPSA) is 0 Å². The van der Waals surface area contributed by atoms with Crippen LogP contribution in [0.5, 0.6) is 0 Å². The average molecular weight is 585 g/mol. The van der Waals surface area contributed by atoms with E-state index in [1.165, 1.54) is 89.0 Å². The van der Waals surface area contributed by atoms with Crippen molar-refractivity contribution in [2.75, 3.05) is 0 Å². The van der Waals surface area contributed by atoms with Gasteiger partial charge in [-0.2, -0.15) is 0 Å². The molecule has 0 aliphatic heterocycles. The molecule has 0 N–H and O–H groups in total. The van der Waals surface area contributed by atoms with E-state index in [9.17, 15) is 0 Å². The van der Waals surface area contributed by atoms with Crippen molar-refractivity contribution in [3.05, 3.63) is 163 Å². The Morgan fingerprint density at radius 3 is 0.795 bits per heavy atom. The highest BCUT2D eigenvalue weighted by Crippen LogP contribution is 2.24. The summed E-state index contributed by atoms with van der Waals surface area (Å²) in [6.45, 7) is 25.9. The molecule has 0 atom stereocenters. The van der Waals surface area contributed by atoms with E-state index in [1.54, 1.807) is 0 Å². The lowest BCUT2D eigenvalue weighted by Gasteiger charge is -2.08. The lowest BCUT2D eigenvalue weighted by molar-refractivity contribution is 1.15. The van der Waals surface area contributed by atoms with Gasteiger partial charge in [-0.15, -0.1) is 0 Å². The Balaban J connectivity index is 0.000000235. The second kappa shape index (κ2) is 16.2. The molecule has 44 heavy (non-hydrogen) atoms. The third-order valence-electron chi connectivity index (χ3n) is 9.01. The van der Waals surface area contributed by atoms with E-state index in [4.69, 9.17) is 0 Å². The first kappa shape index (κ1) is 36.3. The Morgan fingerprint density at radius 2 is 0.523 bits per heavy atom. The molecule has 0 amide bonds. The highest BCUT2D eigenvalue weighted by Gasteiger charge is 2.02. The van der Waals surface area contributed by atoms with Crippen molar-refractivity contribution in [1.29, 1.82) is 0 Å². The van der Waals surface area contributed by atoms with E-state index in [0.29, 0.717) is 0 Å². The normalized spacial score (nSPS) is 10.2. The standard InChI is InChI=1S/C17H20.C16H18.C10H14.CH4/c1-12-5-7-16(9-14(12)3)11-17-8-6-13(2)15(4)10-17;1-11-5-7-15(9-13(11)3)16-8-6-12(2)14(4)10-16;1-7-5-9(3)10(4)6-8(7)2;/h5-10H,11H2,1-4H3;5-10H,1-4H3;5-6H,1-4H3;1H4. The largest absolute Gasteiger partial charge is 0.0776 e. The monoisotopic (exact) mass is 584 g/mol. The van der Waals surface area contributed by atoms with Crippen LogP contribution in [-0.4, -0.2) is 0 Å². The summed E-state index contributed by atoms with van der Waals surface area (Å²) in [7, 11) is 0. The summed E-state index contributed by atoms with van der Waals surface area (Å²) < 4.78 is 0. The van der Waals surface area contributed by atoms with Crippen molar-refractivity contribution >= 4 is 0 Å². The molecular formula is C44H56. The molecule has 232 valence electrons. The molecule has 0 heterocycles. The van der Waals surface area contributed by atoms with Crippen molar-refractivity contribution < 1.29 is 0 Å². The fraction of sp³-hybridized carbons (Fsp3) is 0.318. The lowest BCUT2D eigenvalue weighted by atomic mass is 9.98. The Bertz CT molecular complexity index is 1550. The molecule has 0 aliphatic rings. The zero-order valence-corrected chi connectivity index (χ0v) is 28.8. The summed E-state index contributed by atoms with van der Waals surface area (Å²) in [6.07, 6.45) is 1.03. The number of benzene rings is 5. The molecule has 0 saturated carbocycles. The van der Waals surface area contributed by atoms with Crippen LogP contribution in [0.1, 0.15) is 85.3 Å². The summed E-state index contributed by atoms with van der Waals surface area (Å²) in [5.41, 5.74) is 21.9. The third-order valence-corrected chi connectivity index (χ3v) is 9.01. The predicted molar refractivity (Wildman–Crippen MR) is 198 cm³/mol. The molecule has 0 aliphatic carbocycles. The van der Waals surface area contributed by atoms with E-state index in [2.05, 4.69) is 168 Å². The lowest BCUT2D eigenvalue weighted by Crippen LogP contribution is -1.92. The first-order valence-electron chi connectivity index (χ1n) is 15.6. The van der Waals surface area contributed by atoms with Crippen molar-refractivity contribution in [2.45, 2.75) is 96.9 Å². The van der Waals surface area contributed by atoms with E-state index < -0.39 is 0 Å². The maximum atomic E-state index is 2.30. The Morgan fingerprint density at radius 1 is 0.273 bits per heavy atom. The fourth-order valence-electron chi connectivity index (χ4n) is 5.01. The first-order chi connectivity index (χ1) is 20.2. The van der Waals surface area contributed by atoms with E-state index in [-0.39, 0.29) is 7.43 Å². The second-order valence-corrected chi connectivity index (χ2v) is 12.6. The van der Waals surface area contributed by atoms with Crippen LogP contribution in [0.3, 0.4) is 0 Å². The van der Waals surface area contributed by atoms with Crippen LogP contribution in [0.25, 0.3) is 11.1 Å². The summed E-state index contributed by atoms with van der Waals surface area (Å²) in [5.74, 6) is 0. The zero-order chi connectivity index (χ0) is 31.8. The van der Waals surface area contributed by atoms with Crippen molar-refractivity contribution in [3.63, 3.8) is 0 Å². The van der Waals surface area contributed by atoms with E-state index >= 15 is 0 Å². The number of rotatable bonds is 3. The van der Waals surface area contributed by atoms with Crippen LogP contribution in [0.4, 0.5) is 0 Å². The first-order valence-corrected chi connectivity index (χ1v) is 15.6. The van der Waals surface area contributed by atoms with Gasteiger partial charge in [0, 0.05) is 0 Å². The smallest absolute Gasteiger partial charge is 0.00256 e. The molecule has 5 aromatic rings. The van der Waals surface area contributed by atoms with E-state index in [1.807, 2.05) is 0 Å². The molecular weight excluding hydrogens is 528 g/mol. The fourth-order valence-corrected chi connectivity index (χ4v) is 5.01. The SMILES string of the molecule is C.Cc1cc(C)c(C)cc1C.Cc1ccc(-c2ccc(C)c(C)c2)cc1C.Cc1ccc(Cc2ccc(C)c(C)c2)cc1C. The summed E-state index contributed by atoms with van der Waals surface area (Å²) in [4.78, 5) is 0. The summed E-state index contributed by atoms with van der Waals surface area (Å²) in [5, 5.41) is 0. The van der Waals surface area contributed by atoms with Crippen LogP contribution in [0.15, 0.2) is 84.9 Å². The quantitative estimate of drug-likeness (QED) is 0.198. The highest BCUT2D eigenvalue weighted by molar-refractivity contribution is 5.66. The molecule has 0 spiro atoms. The Kier molecular flexibility index (Phi) is 13.4. The van der Waals surface area contributed by atoms with Gasteiger partial charge in [0.15, 0.2) is 0 Å². The van der Waals surface area contributed by atoms with Gasteiger partial charge in [0.1, 0.15) is 0 Å². The second-order valence-electron chi connectivity index (χ2n) is 12.6. The molecule has 0 fully saturated rings. The maximum absolute atomic E-state index is 2.30.